The van der Waals surface area contributed by atoms with Gasteiger partial charge in [-0.15, -0.1) is 0 Å². The molecule has 0 amide bonds. The van der Waals surface area contributed by atoms with Gasteiger partial charge in [0.1, 0.15) is 23.5 Å². The third kappa shape index (κ3) is 2.92. The molecule has 0 radical (unpaired) electrons. The zero-order valence-corrected chi connectivity index (χ0v) is 13.3. The predicted molar refractivity (Wildman–Crippen MR) is 91.2 cm³/mol. The van der Waals surface area contributed by atoms with Crippen LogP contribution in [0.25, 0.3) is 10.9 Å². The van der Waals surface area contributed by atoms with Crippen LogP contribution in [0.3, 0.4) is 0 Å². The molecule has 1 aromatic carbocycles. The molecule has 0 unspecified atom stereocenters. The molecular formula is C18H18FN5. The molecule has 0 atom stereocenters. The fraction of sp³-hybridized carbons (Fsp3) is 0.278. The van der Waals surface area contributed by atoms with Gasteiger partial charge in [0.15, 0.2) is 0 Å². The average Bonchev–Trinajstić information content (AvgIpc) is 2.63. The van der Waals surface area contributed by atoms with Crippen molar-refractivity contribution in [2.24, 2.45) is 0 Å². The highest BCUT2D eigenvalue weighted by Crippen LogP contribution is 2.25. The van der Waals surface area contributed by atoms with Crippen LogP contribution in [0.2, 0.25) is 0 Å². The second-order valence-corrected chi connectivity index (χ2v) is 5.92. The van der Waals surface area contributed by atoms with Crippen molar-refractivity contribution in [1.29, 1.82) is 0 Å². The second kappa shape index (κ2) is 6.49. The molecule has 24 heavy (non-hydrogen) atoms. The molecule has 1 aliphatic heterocycles. The smallest absolute Gasteiger partial charge is 0.149 e. The van der Waals surface area contributed by atoms with Crippen molar-refractivity contribution >= 4 is 16.7 Å². The topological polar surface area (TPSA) is 45.2 Å². The lowest BCUT2D eigenvalue weighted by molar-refractivity contribution is 0.247. The van der Waals surface area contributed by atoms with Crippen molar-refractivity contribution in [3.8, 4) is 0 Å². The van der Waals surface area contributed by atoms with E-state index in [9.17, 15) is 4.39 Å². The number of piperazine rings is 1. The number of nitrogens with zero attached hydrogens (tertiary/aromatic N) is 5. The molecule has 1 saturated heterocycles. The Labute approximate surface area is 139 Å². The number of rotatable bonds is 3. The van der Waals surface area contributed by atoms with E-state index in [-0.39, 0.29) is 5.82 Å². The van der Waals surface area contributed by atoms with Gasteiger partial charge in [-0.1, -0.05) is 12.1 Å². The van der Waals surface area contributed by atoms with Crippen molar-refractivity contribution in [1.82, 2.24) is 19.9 Å². The molecule has 0 aliphatic carbocycles. The van der Waals surface area contributed by atoms with Crippen LogP contribution in [0.15, 0.2) is 48.9 Å². The summed E-state index contributed by atoms with van der Waals surface area (Å²) in [5.74, 6) is 0.516. The Morgan fingerprint density at radius 3 is 2.58 bits per heavy atom. The lowest BCUT2D eigenvalue weighted by Crippen LogP contribution is -2.46. The molecule has 1 aliphatic rings. The van der Waals surface area contributed by atoms with Crippen LogP contribution in [0.5, 0.6) is 0 Å². The lowest BCUT2D eigenvalue weighted by Gasteiger charge is -2.35. The van der Waals surface area contributed by atoms with Crippen LogP contribution in [0.4, 0.5) is 10.2 Å². The molecule has 2 aromatic heterocycles. The number of hydrogen-bond donors (Lipinski definition) is 0. The van der Waals surface area contributed by atoms with Crippen molar-refractivity contribution < 1.29 is 4.39 Å². The maximum Gasteiger partial charge on any atom is 0.149 e. The van der Waals surface area contributed by atoms with Crippen LogP contribution in [0, 0.1) is 5.82 Å². The Bertz CT molecular complexity index is 831. The second-order valence-electron chi connectivity index (χ2n) is 5.92. The molecule has 0 saturated carbocycles. The molecule has 122 valence electrons. The summed E-state index contributed by atoms with van der Waals surface area (Å²) in [7, 11) is 0. The Balaban J connectivity index is 1.49. The molecule has 6 heteroatoms. The van der Waals surface area contributed by atoms with E-state index in [1.807, 2.05) is 30.5 Å². The molecule has 3 heterocycles. The average molecular weight is 323 g/mol. The van der Waals surface area contributed by atoms with Crippen LogP contribution in [-0.2, 0) is 6.54 Å². The van der Waals surface area contributed by atoms with Gasteiger partial charge in [-0.3, -0.25) is 9.88 Å². The molecule has 0 spiro atoms. The summed E-state index contributed by atoms with van der Waals surface area (Å²) in [4.78, 5) is 17.4. The highest BCUT2D eigenvalue weighted by molar-refractivity contribution is 5.89. The first-order valence-electron chi connectivity index (χ1n) is 8.08. The van der Waals surface area contributed by atoms with Crippen LogP contribution in [0.1, 0.15) is 5.69 Å². The van der Waals surface area contributed by atoms with Crippen molar-refractivity contribution in [3.63, 3.8) is 0 Å². The summed E-state index contributed by atoms with van der Waals surface area (Å²) in [6, 6.07) is 11.0. The van der Waals surface area contributed by atoms with E-state index in [2.05, 4.69) is 24.8 Å². The minimum Gasteiger partial charge on any atom is -0.353 e. The summed E-state index contributed by atoms with van der Waals surface area (Å²) >= 11 is 0. The lowest BCUT2D eigenvalue weighted by atomic mass is 10.2. The van der Waals surface area contributed by atoms with Gasteiger partial charge >= 0.3 is 0 Å². The molecular weight excluding hydrogens is 305 g/mol. The third-order valence-electron chi connectivity index (χ3n) is 4.38. The molecule has 0 bridgehead atoms. The Kier molecular flexibility index (Phi) is 4.04. The molecule has 1 fully saturated rings. The number of anilines is 1. The van der Waals surface area contributed by atoms with E-state index < -0.39 is 0 Å². The number of para-hydroxylation sites is 1. The zero-order chi connectivity index (χ0) is 16.4. The van der Waals surface area contributed by atoms with Crippen molar-refractivity contribution in [3.05, 3.63) is 60.4 Å². The number of benzene rings is 1. The summed E-state index contributed by atoms with van der Waals surface area (Å²) in [6.07, 6.45) is 3.27. The fourth-order valence-corrected chi connectivity index (χ4v) is 3.13. The molecule has 5 nitrogen and oxygen atoms in total. The Morgan fingerprint density at radius 2 is 1.79 bits per heavy atom. The van der Waals surface area contributed by atoms with Gasteiger partial charge < -0.3 is 4.90 Å². The summed E-state index contributed by atoms with van der Waals surface area (Å²) < 4.78 is 13.9. The number of fused-ring (bicyclic) bond motifs is 1. The van der Waals surface area contributed by atoms with E-state index in [0.717, 1.165) is 49.6 Å². The van der Waals surface area contributed by atoms with Crippen molar-refractivity contribution in [2.45, 2.75) is 6.54 Å². The quantitative estimate of drug-likeness (QED) is 0.741. The first-order chi connectivity index (χ1) is 11.8. The minimum atomic E-state index is -0.301. The maximum atomic E-state index is 13.9. The largest absolute Gasteiger partial charge is 0.353 e. The zero-order valence-electron chi connectivity index (χ0n) is 13.3. The van der Waals surface area contributed by atoms with E-state index in [0.29, 0.717) is 5.52 Å². The monoisotopic (exact) mass is 323 g/mol. The summed E-state index contributed by atoms with van der Waals surface area (Å²) in [5, 5.41) is 0.774. The van der Waals surface area contributed by atoms with E-state index >= 15 is 0 Å². The van der Waals surface area contributed by atoms with Gasteiger partial charge in [0, 0.05) is 44.3 Å². The van der Waals surface area contributed by atoms with Gasteiger partial charge in [-0.05, 0) is 24.3 Å². The van der Waals surface area contributed by atoms with Gasteiger partial charge in [0.25, 0.3) is 0 Å². The number of halogens is 1. The van der Waals surface area contributed by atoms with Gasteiger partial charge in [0.05, 0.1) is 5.69 Å². The SMILES string of the molecule is Fc1cccc2c(N3CCN(Cc4ccccn4)CC3)ncnc12. The van der Waals surface area contributed by atoms with Gasteiger partial charge in [-0.2, -0.15) is 0 Å². The predicted octanol–water partition coefficient (Wildman–Crippen LogP) is 2.49. The van der Waals surface area contributed by atoms with E-state index in [1.54, 1.807) is 6.07 Å². The van der Waals surface area contributed by atoms with E-state index in [4.69, 9.17) is 0 Å². The van der Waals surface area contributed by atoms with Crippen LogP contribution >= 0.6 is 0 Å². The Hall–Kier alpha value is -2.60. The summed E-state index contributed by atoms with van der Waals surface area (Å²) in [5.41, 5.74) is 1.47. The first kappa shape index (κ1) is 15.0. The van der Waals surface area contributed by atoms with E-state index in [1.165, 1.54) is 12.4 Å². The molecule has 0 N–H and O–H groups in total. The van der Waals surface area contributed by atoms with Crippen molar-refractivity contribution in [2.75, 3.05) is 31.1 Å². The first-order valence-corrected chi connectivity index (χ1v) is 8.08. The highest BCUT2D eigenvalue weighted by Gasteiger charge is 2.20. The fourth-order valence-electron chi connectivity index (χ4n) is 3.13. The number of aromatic nitrogens is 3. The highest BCUT2D eigenvalue weighted by atomic mass is 19.1. The van der Waals surface area contributed by atoms with Gasteiger partial charge in [0.2, 0.25) is 0 Å². The molecule has 3 aromatic rings. The standard InChI is InChI=1S/C18H18FN5/c19-16-6-3-5-15-17(16)21-13-22-18(15)24-10-8-23(9-11-24)12-14-4-1-2-7-20-14/h1-7,13H,8-12H2. The maximum absolute atomic E-state index is 13.9. The summed E-state index contributed by atoms with van der Waals surface area (Å²) in [6.45, 7) is 4.42. The number of pyridine rings is 1. The molecule has 4 rings (SSSR count). The van der Waals surface area contributed by atoms with Gasteiger partial charge in [-0.25, -0.2) is 14.4 Å². The Morgan fingerprint density at radius 1 is 0.917 bits per heavy atom. The normalized spacial score (nSPS) is 15.8. The number of hydrogen-bond acceptors (Lipinski definition) is 5. The van der Waals surface area contributed by atoms with Crippen LogP contribution < -0.4 is 4.90 Å². The van der Waals surface area contributed by atoms with Crippen LogP contribution in [-0.4, -0.2) is 46.0 Å². The third-order valence-corrected chi connectivity index (χ3v) is 4.38. The minimum absolute atomic E-state index is 0.301.